The third-order valence-electron chi connectivity index (χ3n) is 5.05. The highest BCUT2D eigenvalue weighted by Crippen LogP contribution is 2.40. The van der Waals surface area contributed by atoms with Gasteiger partial charge in [0.15, 0.2) is 0 Å². The molecule has 0 atom stereocenters. The lowest BCUT2D eigenvalue weighted by Crippen LogP contribution is -2.17. The maximum absolute atomic E-state index is 10.9. The van der Waals surface area contributed by atoms with Gasteiger partial charge in [-0.15, -0.1) is 11.3 Å². The van der Waals surface area contributed by atoms with Gasteiger partial charge in [0.05, 0.1) is 18.5 Å². The number of rotatable bonds is 4. The number of aromatic hydroxyl groups is 1. The van der Waals surface area contributed by atoms with Gasteiger partial charge in [0.2, 0.25) is 0 Å². The van der Waals surface area contributed by atoms with E-state index >= 15 is 0 Å². The highest BCUT2D eigenvalue weighted by molar-refractivity contribution is 7.21. The van der Waals surface area contributed by atoms with Crippen LogP contribution in [0.4, 0.5) is 0 Å². The average molecular weight is 410 g/mol. The summed E-state index contributed by atoms with van der Waals surface area (Å²) >= 11 is 1.69. The fourth-order valence-corrected chi connectivity index (χ4v) is 4.57. The Labute approximate surface area is 178 Å². The Morgan fingerprint density at radius 1 is 1.00 bits per heavy atom. The normalized spacial score (nSPS) is 12.8. The minimum absolute atomic E-state index is 0.140. The molecule has 0 aliphatic heterocycles. The Morgan fingerprint density at radius 3 is 2.14 bits per heavy atom. The molecule has 0 radical (unpaired) electrons. The Kier molecular flexibility index (Phi) is 5.77. The van der Waals surface area contributed by atoms with Gasteiger partial charge in [0.25, 0.3) is 0 Å². The van der Waals surface area contributed by atoms with Gasteiger partial charge in [-0.1, -0.05) is 53.7 Å². The molecule has 0 aliphatic carbocycles. The molecule has 0 bridgehead atoms. The fourth-order valence-electron chi connectivity index (χ4n) is 3.50. The quantitative estimate of drug-likeness (QED) is 0.480. The lowest BCUT2D eigenvalue weighted by molar-refractivity contribution is 0.421. The van der Waals surface area contributed by atoms with Gasteiger partial charge in [-0.2, -0.15) is 0 Å². The predicted octanol–water partition coefficient (Wildman–Crippen LogP) is 6.83. The molecule has 0 saturated carbocycles. The standard InChI is InChI=1S/C25H31NO2S/c1-24(2,3)18-12-16(13-19(22(18)27)25(4,5)6)14-26-15-21-23(28-7)17-10-8-9-11-20(17)29-21/h8-13,15,27H,14H2,1-7H3. The Morgan fingerprint density at radius 2 is 1.59 bits per heavy atom. The van der Waals surface area contributed by atoms with Gasteiger partial charge < -0.3 is 9.84 Å². The summed E-state index contributed by atoms with van der Waals surface area (Å²) in [6, 6.07) is 12.4. The minimum Gasteiger partial charge on any atom is -0.507 e. The van der Waals surface area contributed by atoms with E-state index in [1.54, 1.807) is 18.4 Å². The van der Waals surface area contributed by atoms with E-state index < -0.39 is 0 Å². The maximum atomic E-state index is 10.9. The molecule has 0 saturated heterocycles. The Hall–Kier alpha value is -2.33. The van der Waals surface area contributed by atoms with Crippen LogP contribution in [-0.4, -0.2) is 18.4 Å². The van der Waals surface area contributed by atoms with Gasteiger partial charge >= 0.3 is 0 Å². The molecule has 3 aromatic rings. The molecule has 3 rings (SSSR count). The van der Waals surface area contributed by atoms with E-state index in [0.29, 0.717) is 12.3 Å². The summed E-state index contributed by atoms with van der Waals surface area (Å²) in [6.07, 6.45) is 1.91. The van der Waals surface area contributed by atoms with Crippen molar-refractivity contribution >= 4 is 27.6 Å². The summed E-state index contributed by atoms with van der Waals surface area (Å²) < 4.78 is 6.83. The summed E-state index contributed by atoms with van der Waals surface area (Å²) in [6.45, 7) is 13.3. The third kappa shape index (κ3) is 4.48. The third-order valence-corrected chi connectivity index (χ3v) is 6.13. The zero-order valence-electron chi connectivity index (χ0n) is 18.5. The van der Waals surface area contributed by atoms with E-state index in [4.69, 9.17) is 9.73 Å². The number of phenolic OH excluding ortho intramolecular Hbond substituents is 1. The zero-order chi connectivity index (χ0) is 21.4. The van der Waals surface area contributed by atoms with Crippen LogP contribution in [0, 0.1) is 0 Å². The predicted molar refractivity (Wildman–Crippen MR) is 125 cm³/mol. The van der Waals surface area contributed by atoms with E-state index in [1.807, 2.05) is 18.3 Å². The number of hydrogen-bond acceptors (Lipinski definition) is 4. The SMILES string of the molecule is COc1c(C=NCc2cc(C(C)(C)C)c(O)c(C(C)(C)C)c2)sc2ccccc12. The van der Waals surface area contributed by atoms with Crippen molar-refractivity contribution in [2.24, 2.45) is 4.99 Å². The fraction of sp³-hybridized carbons (Fsp3) is 0.400. The van der Waals surface area contributed by atoms with Gasteiger partial charge in [-0.25, -0.2) is 0 Å². The molecule has 1 aromatic heterocycles. The monoisotopic (exact) mass is 409 g/mol. The first-order chi connectivity index (χ1) is 13.5. The highest BCUT2D eigenvalue weighted by atomic mass is 32.1. The number of methoxy groups -OCH3 is 1. The number of benzene rings is 2. The van der Waals surface area contributed by atoms with Crippen LogP contribution < -0.4 is 4.74 Å². The van der Waals surface area contributed by atoms with Crippen LogP contribution in [0.3, 0.4) is 0 Å². The summed E-state index contributed by atoms with van der Waals surface area (Å²) in [5.41, 5.74) is 2.76. The van der Waals surface area contributed by atoms with Crippen LogP contribution in [-0.2, 0) is 17.4 Å². The van der Waals surface area contributed by atoms with Crippen molar-refractivity contribution in [3.63, 3.8) is 0 Å². The summed E-state index contributed by atoms with van der Waals surface area (Å²) in [7, 11) is 1.71. The summed E-state index contributed by atoms with van der Waals surface area (Å²) in [5.74, 6) is 1.29. The van der Waals surface area contributed by atoms with E-state index in [1.165, 1.54) is 4.70 Å². The first-order valence-electron chi connectivity index (χ1n) is 9.94. The number of nitrogens with zero attached hydrogens (tertiary/aromatic N) is 1. The van der Waals surface area contributed by atoms with Crippen molar-refractivity contribution in [2.75, 3.05) is 7.11 Å². The molecule has 29 heavy (non-hydrogen) atoms. The lowest BCUT2D eigenvalue weighted by Gasteiger charge is -2.28. The van der Waals surface area contributed by atoms with E-state index in [-0.39, 0.29) is 10.8 Å². The summed E-state index contributed by atoms with van der Waals surface area (Å²) in [5, 5.41) is 12.0. The number of aliphatic imine (C=N–C) groups is 1. The second-order valence-corrected chi connectivity index (χ2v) is 10.6. The van der Waals surface area contributed by atoms with Crippen molar-refractivity contribution in [3.05, 3.63) is 58.0 Å². The number of hydrogen-bond donors (Lipinski definition) is 1. The molecule has 0 fully saturated rings. The molecule has 154 valence electrons. The van der Waals surface area contributed by atoms with Crippen molar-refractivity contribution in [1.29, 1.82) is 0 Å². The van der Waals surface area contributed by atoms with Crippen molar-refractivity contribution in [1.82, 2.24) is 0 Å². The molecule has 4 heteroatoms. The van der Waals surface area contributed by atoms with Crippen LogP contribution in [0.15, 0.2) is 41.4 Å². The largest absolute Gasteiger partial charge is 0.507 e. The van der Waals surface area contributed by atoms with Gasteiger partial charge in [-0.3, -0.25) is 4.99 Å². The topological polar surface area (TPSA) is 41.8 Å². The average Bonchev–Trinajstić information content (AvgIpc) is 2.98. The number of ether oxygens (including phenoxy) is 1. The van der Waals surface area contributed by atoms with Crippen LogP contribution in [0.25, 0.3) is 10.1 Å². The molecule has 0 spiro atoms. The van der Waals surface area contributed by atoms with Crippen LogP contribution in [0.1, 0.15) is 63.1 Å². The van der Waals surface area contributed by atoms with Gasteiger partial charge in [0, 0.05) is 16.3 Å². The van der Waals surface area contributed by atoms with E-state index in [0.717, 1.165) is 32.7 Å². The van der Waals surface area contributed by atoms with Crippen LogP contribution in [0.5, 0.6) is 11.5 Å². The molecule has 1 N–H and O–H groups in total. The molecular formula is C25H31NO2S. The van der Waals surface area contributed by atoms with Crippen molar-refractivity contribution in [3.8, 4) is 11.5 Å². The molecule has 0 aliphatic rings. The Balaban J connectivity index is 1.97. The van der Waals surface area contributed by atoms with Crippen LogP contribution in [0.2, 0.25) is 0 Å². The van der Waals surface area contributed by atoms with Gasteiger partial charge in [0.1, 0.15) is 11.5 Å². The second kappa shape index (κ2) is 7.83. The molecule has 0 amide bonds. The van der Waals surface area contributed by atoms with Crippen LogP contribution >= 0.6 is 11.3 Å². The minimum atomic E-state index is -0.140. The summed E-state index contributed by atoms with van der Waals surface area (Å²) in [4.78, 5) is 5.74. The highest BCUT2D eigenvalue weighted by Gasteiger charge is 2.26. The molecule has 1 heterocycles. The van der Waals surface area contributed by atoms with E-state index in [9.17, 15) is 5.11 Å². The molecule has 0 unspecified atom stereocenters. The van der Waals surface area contributed by atoms with E-state index in [2.05, 4.69) is 65.8 Å². The zero-order valence-corrected chi connectivity index (χ0v) is 19.3. The maximum Gasteiger partial charge on any atom is 0.146 e. The second-order valence-electron chi connectivity index (χ2n) is 9.51. The van der Waals surface area contributed by atoms with Crippen molar-refractivity contribution < 1.29 is 9.84 Å². The Bertz CT molecular complexity index is 1010. The number of thiophene rings is 1. The smallest absolute Gasteiger partial charge is 0.146 e. The van der Waals surface area contributed by atoms with Crippen molar-refractivity contribution in [2.45, 2.75) is 58.9 Å². The first kappa shape index (κ1) is 21.4. The molecular weight excluding hydrogens is 378 g/mol. The lowest BCUT2D eigenvalue weighted by atomic mass is 9.78. The number of phenols is 1. The molecule has 2 aromatic carbocycles. The van der Waals surface area contributed by atoms with Gasteiger partial charge in [-0.05, 0) is 51.8 Å². The first-order valence-corrected chi connectivity index (χ1v) is 10.8. The number of fused-ring (bicyclic) bond motifs is 1. The molecule has 3 nitrogen and oxygen atoms in total.